The van der Waals surface area contributed by atoms with Gasteiger partial charge in [-0.3, -0.25) is 0 Å². The first-order valence-electron chi connectivity index (χ1n) is 7.28. The predicted molar refractivity (Wildman–Crippen MR) is 71.1 cm³/mol. The van der Waals surface area contributed by atoms with Crippen molar-refractivity contribution in [3.63, 3.8) is 0 Å². The Hall–Kier alpha value is -0.120. The van der Waals surface area contributed by atoms with E-state index >= 15 is 0 Å². The summed E-state index contributed by atoms with van der Waals surface area (Å²) in [7, 11) is 2.24. The Morgan fingerprint density at radius 1 is 1.24 bits per heavy atom. The van der Waals surface area contributed by atoms with E-state index in [1.807, 2.05) is 0 Å². The molecule has 0 aromatic heterocycles. The molecule has 0 amide bonds. The van der Waals surface area contributed by atoms with Gasteiger partial charge < -0.3 is 15.3 Å². The zero-order valence-corrected chi connectivity index (χ0v) is 11.4. The summed E-state index contributed by atoms with van der Waals surface area (Å²) in [5.74, 6) is 0.691. The summed E-state index contributed by atoms with van der Waals surface area (Å²) >= 11 is 0. The first kappa shape index (κ1) is 13.3. The van der Waals surface area contributed by atoms with Crippen LogP contribution in [0.25, 0.3) is 0 Å². The Bertz CT molecular complexity index is 236. The van der Waals surface area contributed by atoms with Gasteiger partial charge >= 0.3 is 0 Å². The minimum Gasteiger partial charge on any atom is -0.394 e. The van der Waals surface area contributed by atoms with E-state index in [1.54, 1.807) is 0 Å². The van der Waals surface area contributed by atoms with Gasteiger partial charge in [0.25, 0.3) is 0 Å². The molecule has 3 heteroatoms. The molecule has 2 rings (SSSR count). The smallest absolute Gasteiger partial charge is 0.0628 e. The van der Waals surface area contributed by atoms with E-state index in [0.29, 0.717) is 5.92 Å². The molecule has 0 heterocycles. The summed E-state index contributed by atoms with van der Waals surface area (Å²) in [4.78, 5) is 2.49. The average Bonchev–Trinajstić information content (AvgIpc) is 3.04. The maximum Gasteiger partial charge on any atom is 0.0628 e. The molecular weight excluding hydrogens is 212 g/mol. The molecule has 1 atom stereocenters. The Kier molecular flexibility index (Phi) is 4.45. The van der Waals surface area contributed by atoms with Gasteiger partial charge in [0, 0.05) is 12.6 Å². The zero-order valence-electron chi connectivity index (χ0n) is 11.4. The van der Waals surface area contributed by atoms with Gasteiger partial charge in [-0.2, -0.15) is 0 Å². The summed E-state index contributed by atoms with van der Waals surface area (Å²) in [5, 5.41) is 13.4. The molecule has 2 saturated carbocycles. The molecule has 0 spiro atoms. The molecule has 1 unspecified atom stereocenters. The predicted octanol–water partition coefficient (Wildman–Crippen LogP) is 1.61. The normalized spacial score (nSPS) is 25.4. The molecule has 2 aliphatic rings. The number of aliphatic hydroxyl groups excluding tert-OH is 1. The monoisotopic (exact) mass is 240 g/mol. The van der Waals surface area contributed by atoms with Crippen LogP contribution in [0.1, 0.15) is 45.4 Å². The number of hydrogen-bond donors (Lipinski definition) is 2. The maximum atomic E-state index is 9.82. The van der Waals surface area contributed by atoms with Crippen LogP contribution < -0.4 is 5.32 Å². The second-order valence-corrected chi connectivity index (χ2v) is 5.97. The van der Waals surface area contributed by atoms with Crippen molar-refractivity contribution in [3.8, 4) is 0 Å². The fourth-order valence-corrected chi connectivity index (χ4v) is 3.47. The molecular formula is C14H28N2O. The highest BCUT2D eigenvalue weighted by molar-refractivity contribution is 5.03. The highest BCUT2D eigenvalue weighted by Gasteiger charge is 2.45. The Labute approximate surface area is 106 Å². The minimum atomic E-state index is -0.0356. The fraction of sp³-hybridized carbons (Fsp3) is 1.00. The van der Waals surface area contributed by atoms with Gasteiger partial charge in [0.2, 0.25) is 0 Å². The third-order valence-electron chi connectivity index (χ3n) is 4.65. The van der Waals surface area contributed by atoms with E-state index in [4.69, 9.17) is 0 Å². The second-order valence-electron chi connectivity index (χ2n) is 5.97. The van der Waals surface area contributed by atoms with Crippen LogP contribution in [0.2, 0.25) is 0 Å². The molecule has 0 aromatic rings. The molecule has 2 aliphatic carbocycles. The van der Waals surface area contributed by atoms with Crippen LogP contribution in [0, 0.1) is 5.92 Å². The fourth-order valence-electron chi connectivity index (χ4n) is 3.47. The standard InChI is InChI=1S/C14H28N2O/c1-3-15-14(11-17,12-8-9-12)10-16(2)13-6-4-5-7-13/h12-13,15,17H,3-11H2,1-2H3. The van der Waals surface area contributed by atoms with Crippen molar-refractivity contribution >= 4 is 0 Å². The molecule has 17 heavy (non-hydrogen) atoms. The second kappa shape index (κ2) is 5.68. The number of nitrogens with zero attached hydrogens (tertiary/aromatic N) is 1. The van der Waals surface area contributed by atoms with Crippen molar-refractivity contribution in [3.05, 3.63) is 0 Å². The first-order valence-corrected chi connectivity index (χ1v) is 7.28. The molecule has 0 aromatic carbocycles. The summed E-state index contributed by atoms with van der Waals surface area (Å²) < 4.78 is 0. The molecule has 0 saturated heterocycles. The number of aliphatic hydroxyl groups is 1. The topological polar surface area (TPSA) is 35.5 Å². The van der Waals surface area contributed by atoms with Crippen molar-refractivity contribution < 1.29 is 5.11 Å². The van der Waals surface area contributed by atoms with Crippen LogP contribution in [-0.2, 0) is 0 Å². The van der Waals surface area contributed by atoms with Crippen molar-refractivity contribution in [2.45, 2.75) is 57.0 Å². The van der Waals surface area contributed by atoms with E-state index in [2.05, 4.69) is 24.2 Å². The molecule has 3 nitrogen and oxygen atoms in total. The molecule has 100 valence electrons. The summed E-state index contributed by atoms with van der Waals surface area (Å²) in [6.07, 6.45) is 8.01. The molecule has 0 aliphatic heterocycles. The summed E-state index contributed by atoms with van der Waals surface area (Å²) in [6, 6.07) is 0.748. The van der Waals surface area contributed by atoms with E-state index in [-0.39, 0.29) is 12.1 Å². The van der Waals surface area contributed by atoms with Gasteiger partial charge in [-0.05, 0) is 45.2 Å². The number of nitrogens with one attached hydrogen (secondary N) is 1. The quantitative estimate of drug-likeness (QED) is 0.710. The first-order chi connectivity index (χ1) is 8.22. The highest BCUT2D eigenvalue weighted by Crippen LogP contribution is 2.40. The lowest BCUT2D eigenvalue weighted by Crippen LogP contribution is -2.58. The van der Waals surface area contributed by atoms with Crippen molar-refractivity contribution in [2.24, 2.45) is 5.92 Å². The third kappa shape index (κ3) is 3.01. The van der Waals surface area contributed by atoms with Crippen LogP contribution in [0.4, 0.5) is 0 Å². The van der Waals surface area contributed by atoms with E-state index in [9.17, 15) is 5.11 Å². The summed E-state index contributed by atoms with van der Waals surface area (Å²) in [6.45, 7) is 4.38. The Balaban J connectivity index is 1.95. The van der Waals surface area contributed by atoms with E-state index < -0.39 is 0 Å². The van der Waals surface area contributed by atoms with Crippen LogP contribution in [0.5, 0.6) is 0 Å². The minimum absolute atomic E-state index is 0.0356. The molecule has 2 N–H and O–H groups in total. The number of rotatable bonds is 7. The number of likely N-dealkylation sites (N-methyl/N-ethyl adjacent to an activating group) is 2. The Morgan fingerprint density at radius 2 is 1.88 bits per heavy atom. The average molecular weight is 240 g/mol. The van der Waals surface area contributed by atoms with Crippen molar-refractivity contribution in [1.82, 2.24) is 10.2 Å². The van der Waals surface area contributed by atoms with Crippen LogP contribution >= 0.6 is 0 Å². The van der Waals surface area contributed by atoms with Gasteiger partial charge in [0.1, 0.15) is 0 Å². The molecule has 0 radical (unpaired) electrons. The lowest BCUT2D eigenvalue weighted by molar-refractivity contribution is 0.0859. The van der Waals surface area contributed by atoms with E-state index in [0.717, 1.165) is 19.1 Å². The maximum absolute atomic E-state index is 9.82. The number of hydrogen-bond acceptors (Lipinski definition) is 3. The highest BCUT2D eigenvalue weighted by atomic mass is 16.3. The van der Waals surface area contributed by atoms with Crippen LogP contribution in [0.3, 0.4) is 0 Å². The van der Waals surface area contributed by atoms with Gasteiger partial charge in [0.05, 0.1) is 12.1 Å². The van der Waals surface area contributed by atoms with Crippen LogP contribution in [-0.4, -0.2) is 48.3 Å². The third-order valence-corrected chi connectivity index (χ3v) is 4.65. The molecule has 0 bridgehead atoms. The van der Waals surface area contributed by atoms with Gasteiger partial charge in [-0.1, -0.05) is 19.8 Å². The lowest BCUT2D eigenvalue weighted by Gasteiger charge is -2.39. The summed E-state index contributed by atoms with van der Waals surface area (Å²) in [5.41, 5.74) is -0.0356. The van der Waals surface area contributed by atoms with Gasteiger partial charge in [0.15, 0.2) is 0 Å². The largest absolute Gasteiger partial charge is 0.394 e. The lowest BCUT2D eigenvalue weighted by atomic mass is 9.92. The van der Waals surface area contributed by atoms with Crippen molar-refractivity contribution in [1.29, 1.82) is 0 Å². The SMILES string of the molecule is CCNC(CO)(CN(C)C1CCCC1)C1CC1. The van der Waals surface area contributed by atoms with Gasteiger partial charge in [-0.15, -0.1) is 0 Å². The van der Waals surface area contributed by atoms with Gasteiger partial charge in [-0.25, -0.2) is 0 Å². The van der Waals surface area contributed by atoms with E-state index in [1.165, 1.54) is 38.5 Å². The van der Waals surface area contributed by atoms with Crippen LogP contribution in [0.15, 0.2) is 0 Å². The zero-order chi connectivity index (χ0) is 12.3. The molecule has 2 fully saturated rings. The Morgan fingerprint density at radius 3 is 2.35 bits per heavy atom. The van der Waals surface area contributed by atoms with Crippen molar-refractivity contribution in [2.75, 3.05) is 26.7 Å².